The molecule has 2 N–H and O–H groups in total. The van der Waals surface area contributed by atoms with E-state index in [4.69, 9.17) is 10.7 Å². The molecule has 30 heavy (non-hydrogen) atoms. The third kappa shape index (κ3) is 4.12. The van der Waals surface area contributed by atoms with Gasteiger partial charge in [-0.1, -0.05) is 36.8 Å². The third-order valence-electron chi connectivity index (χ3n) is 5.97. The standard InChI is InChI=1S/C25H28N4O/c1-17-8-7-14-27-23(17)21-13-12-18(2)24(28-21)22-11-5-6-15-29(22)16-19-9-3-4-10-20(19)25(26)30/h3-4,7-10,12-14,22H,5-6,11,15-16H2,1-2H3,(H2,26,30). The number of aryl methyl sites for hydroxylation is 2. The molecule has 1 fully saturated rings. The predicted octanol–water partition coefficient (Wildman–Crippen LogP) is 4.59. The number of nitrogens with two attached hydrogens (primary N) is 1. The summed E-state index contributed by atoms with van der Waals surface area (Å²) >= 11 is 0. The summed E-state index contributed by atoms with van der Waals surface area (Å²) in [6.07, 6.45) is 5.19. The summed E-state index contributed by atoms with van der Waals surface area (Å²) in [6.45, 7) is 5.86. The van der Waals surface area contributed by atoms with E-state index in [0.717, 1.165) is 47.6 Å². The maximum Gasteiger partial charge on any atom is 0.249 e. The molecule has 1 saturated heterocycles. The van der Waals surface area contributed by atoms with E-state index in [1.165, 1.54) is 12.0 Å². The van der Waals surface area contributed by atoms with E-state index in [2.05, 4.69) is 41.9 Å². The van der Waals surface area contributed by atoms with Crippen molar-refractivity contribution >= 4 is 5.91 Å². The van der Waals surface area contributed by atoms with Crippen molar-refractivity contribution in [2.24, 2.45) is 5.73 Å². The molecule has 3 aromatic rings. The van der Waals surface area contributed by atoms with Gasteiger partial charge in [0.05, 0.1) is 23.1 Å². The number of pyridine rings is 2. The minimum atomic E-state index is -0.374. The smallest absolute Gasteiger partial charge is 0.249 e. The maximum absolute atomic E-state index is 11.9. The van der Waals surface area contributed by atoms with Crippen LogP contribution in [0.1, 0.15) is 58.0 Å². The molecule has 4 rings (SSSR count). The Labute approximate surface area is 178 Å². The molecule has 0 radical (unpaired) electrons. The van der Waals surface area contributed by atoms with Crippen LogP contribution in [-0.4, -0.2) is 27.3 Å². The van der Waals surface area contributed by atoms with Gasteiger partial charge in [-0.25, -0.2) is 4.98 Å². The highest BCUT2D eigenvalue weighted by Crippen LogP contribution is 2.34. The Morgan fingerprint density at radius 3 is 2.70 bits per heavy atom. The van der Waals surface area contributed by atoms with Crippen LogP contribution in [0.3, 0.4) is 0 Å². The first-order valence-electron chi connectivity index (χ1n) is 10.6. The van der Waals surface area contributed by atoms with Crippen molar-refractivity contribution in [2.75, 3.05) is 6.54 Å². The second kappa shape index (κ2) is 8.76. The molecule has 1 atom stereocenters. The average molecular weight is 401 g/mol. The van der Waals surface area contributed by atoms with E-state index in [1.807, 2.05) is 36.5 Å². The molecule has 3 heterocycles. The number of hydrogen-bond donors (Lipinski definition) is 1. The van der Waals surface area contributed by atoms with Crippen molar-refractivity contribution in [3.8, 4) is 11.4 Å². The molecule has 0 bridgehead atoms. The Kier molecular flexibility index (Phi) is 5.91. The molecule has 0 saturated carbocycles. The minimum absolute atomic E-state index is 0.212. The van der Waals surface area contributed by atoms with E-state index in [9.17, 15) is 4.79 Å². The molecule has 5 nitrogen and oxygen atoms in total. The predicted molar refractivity (Wildman–Crippen MR) is 119 cm³/mol. The van der Waals surface area contributed by atoms with Gasteiger partial charge in [-0.15, -0.1) is 0 Å². The van der Waals surface area contributed by atoms with Crippen LogP contribution in [0.4, 0.5) is 0 Å². The van der Waals surface area contributed by atoms with Gasteiger partial charge in [0.1, 0.15) is 0 Å². The van der Waals surface area contributed by atoms with Gasteiger partial charge in [-0.05, 0) is 68.1 Å². The number of benzene rings is 1. The number of carbonyl (C=O) groups excluding carboxylic acids is 1. The van der Waals surface area contributed by atoms with Gasteiger partial charge in [-0.3, -0.25) is 14.7 Å². The lowest BCUT2D eigenvalue weighted by atomic mass is 9.94. The first-order valence-corrected chi connectivity index (χ1v) is 10.6. The third-order valence-corrected chi connectivity index (χ3v) is 5.97. The van der Waals surface area contributed by atoms with Crippen LogP contribution < -0.4 is 5.73 Å². The summed E-state index contributed by atoms with van der Waals surface area (Å²) < 4.78 is 0. The normalized spacial score (nSPS) is 17.1. The molecule has 154 valence electrons. The van der Waals surface area contributed by atoms with Crippen LogP contribution in [-0.2, 0) is 6.54 Å². The Morgan fingerprint density at radius 1 is 1.07 bits per heavy atom. The van der Waals surface area contributed by atoms with Gasteiger partial charge in [0.25, 0.3) is 0 Å². The van der Waals surface area contributed by atoms with E-state index in [0.29, 0.717) is 12.1 Å². The number of primary amides is 1. The zero-order valence-electron chi connectivity index (χ0n) is 17.6. The van der Waals surface area contributed by atoms with Crippen LogP contribution in [0.25, 0.3) is 11.4 Å². The number of aromatic nitrogens is 2. The molecule has 0 aliphatic carbocycles. The number of likely N-dealkylation sites (tertiary alicyclic amines) is 1. The number of piperidine rings is 1. The van der Waals surface area contributed by atoms with Crippen LogP contribution in [0, 0.1) is 13.8 Å². The second-order valence-electron chi connectivity index (χ2n) is 8.07. The fourth-order valence-electron chi connectivity index (χ4n) is 4.37. The molecule has 1 aliphatic rings. The molecule has 2 aromatic heterocycles. The van der Waals surface area contributed by atoms with Gasteiger partial charge in [0.15, 0.2) is 0 Å². The van der Waals surface area contributed by atoms with E-state index >= 15 is 0 Å². The first-order chi connectivity index (χ1) is 14.5. The maximum atomic E-state index is 11.9. The topological polar surface area (TPSA) is 72.1 Å². The van der Waals surface area contributed by atoms with Gasteiger partial charge in [-0.2, -0.15) is 0 Å². The highest BCUT2D eigenvalue weighted by atomic mass is 16.1. The largest absolute Gasteiger partial charge is 0.366 e. The highest BCUT2D eigenvalue weighted by Gasteiger charge is 2.27. The van der Waals surface area contributed by atoms with Crippen molar-refractivity contribution in [3.05, 3.63) is 82.7 Å². The van der Waals surface area contributed by atoms with Gasteiger partial charge < -0.3 is 5.73 Å². The lowest BCUT2D eigenvalue weighted by molar-refractivity contribution is 0.0994. The highest BCUT2D eigenvalue weighted by molar-refractivity contribution is 5.94. The minimum Gasteiger partial charge on any atom is -0.366 e. The van der Waals surface area contributed by atoms with Crippen LogP contribution in [0.15, 0.2) is 54.7 Å². The summed E-state index contributed by atoms with van der Waals surface area (Å²) in [7, 11) is 0. The summed E-state index contributed by atoms with van der Waals surface area (Å²) in [4.78, 5) is 24.0. The molecule has 0 spiro atoms. The van der Waals surface area contributed by atoms with E-state index in [-0.39, 0.29) is 11.9 Å². The SMILES string of the molecule is Cc1cccnc1-c1ccc(C)c(C2CCCCN2Cc2ccccc2C(N)=O)n1. The Bertz CT molecular complexity index is 1060. The second-order valence-corrected chi connectivity index (χ2v) is 8.07. The zero-order chi connectivity index (χ0) is 21.1. The molecular weight excluding hydrogens is 372 g/mol. The molecule has 1 amide bonds. The summed E-state index contributed by atoms with van der Waals surface area (Å²) in [5.74, 6) is -0.374. The lowest BCUT2D eigenvalue weighted by Gasteiger charge is -2.36. The van der Waals surface area contributed by atoms with Gasteiger partial charge >= 0.3 is 0 Å². The van der Waals surface area contributed by atoms with Gasteiger partial charge in [0, 0.05) is 18.3 Å². The van der Waals surface area contributed by atoms with Crippen molar-refractivity contribution < 1.29 is 4.79 Å². The van der Waals surface area contributed by atoms with Crippen LogP contribution in [0.5, 0.6) is 0 Å². The van der Waals surface area contributed by atoms with E-state index in [1.54, 1.807) is 0 Å². The molecule has 1 unspecified atom stereocenters. The molecule has 1 aliphatic heterocycles. The van der Waals surface area contributed by atoms with E-state index < -0.39 is 0 Å². The Morgan fingerprint density at radius 2 is 1.90 bits per heavy atom. The quantitative estimate of drug-likeness (QED) is 0.680. The molecular formula is C25H28N4O. The number of hydrogen-bond acceptors (Lipinski definition) is 4. The fourth-order valence-corrected chi connectivity index (χ4v) is 4.37. The number of nitrogens with zero attached hydrogens (tertiary/aromatic N) is 3. The summed E-state index contributed by atoms with van der Waals surface area (Å²) in [5.41, 5.74) is 12.4. The summed E-state index contributed by atoms with van der Waals surface area (Å²) in [5, 5.41) is 0. The Hall–Kier alpha value is -3.05. The van der Waals surface area contributed by atoms with Crippen molar-refractivity contribution in [1.29, 1.82) is 0 Å². The van der Waals surface area contributed by atoms with Crippen molar-refractivity contribution in [3.63, 3.8) is 0 Å². The average Bonchev–Trinajstić information content (AvgIpc) is 2.75. The fraction of sp³-hybridized carbons (Fsp3) is 0.320. The number of rotatable bonds is 5. The van der Waals surface area contributed by atoms with Crippen molar-refractivity contribution in [1.82, 2.24) is 14.9 Å². The zero-order valence-corrected chi connectivity index (χ0v) is 17.6. The van der Waals surface area contributed by atoms with Crippen LogP contribution in [0.2, 0.25) is 0 Å². The number of amides is 1. The molecule has 5 heteroatoms. The van der Waals surface area contributed by atoms with Gasteiger partial charge in [0.2, 0.25) is 5.91 Å². The Balaban J connectivity index is 1.69. The van der Waals surface area contributed by atoms with Crippen molar-refractivity contribution in [2.45, 2.75) is 45.7 Å². The lowest BCUT2D eigenvalue weighted by Crippen LogP contribution is -2.34. The first kappa shape index (κ1) is 20.2. The summed E-state index contributed by atoms with van der Waals surface area (Å²) in [6, 6.07) is 16.1. The van der Waals surface area contributed by atoms with Crippen LogP contribution >= 0.6 is 0 Å². The molecule has 1 aromatic carbocycles. The number of carbonyl (C=O) groups is 1. The monoisotopic (exact) mass is 400 g/mol.